The third-order valence-electron chi connectivity index (χ3n) is 2.94. The van der Waals surface area contributed by atoms with Gasteiger partial charge in [0.2, 0.25) is 0 Å². The smallest absolute Gasteiger partial charge is 0.354 e. The lowest BCUT2D eigenvalue weighted by Gasteiger charge is -2.37. The van der Waals surface area contributed by atoms with Gasteiger partial charge in [-0.15, -0.1) is 0 Å². The molecule has 1 N–H and O–H groups in total. The monoisotopic (exact) mass is 280 g/mol. The molecule has 19 heavy (non-hydrogen) atoms. The molecule has 6 heteroatoms. The minimum absolute atomic E-state index is 0.0383. The Morgan fingerprint density at radius 2 is 2.21 bits per heavy atom. The van der Waals surface area contributed by atoms with Crippen molar-refractivity contribution in [2.45, 2.75) is 18.6 Å². The first-order chi connectivity index (χ1) is 8.89. The Kier molecular flexibility index (Phi) is 3.80. The number of carboxylic acid groups (broad SMARTS) is 1. The molecule has 1 aliphatic heterocycles. The first-order valence-corrected chi connectivity index (χ1v) is 7.00. The highest BCUT2D eigenvalue weighted by molar-refractivity contribution is 8.00. The number of carbonyl (C=O) groups is 2. The number of hydrogen-bond acceptors (Lipinski definition) is 4. The van der Waals surface area contributed by atoms with Crippen LogP contribution in [0, 0.1) is 0 Å². The summed E-state index contributed by atoms with van der Waals surface area (Å²) in [5.74, 6) is -0.349. The van der Waals surface area contributed by atoms with E-state index in [4.69, 9.17) is 5.11 Å². The Hall–Kier alpha value is -1.56. The molecule has 1 saturated heterocycles. The molecule has 0 unspecified atom stereocenters. The SMILES string of the molecule is CC1(C)CN(C(=O)c2ccnc(C(=O)O)c2)CCS1. The molecule has 0 aromatic carbocycles. The van der Waals surface area contributed by atoms with Gasteiger partial charge >= 0.3 is 5.97 Å². The van der Waals surface area contributed by atoms with Gasteiger partial charge in [-0.3, -0.25) is 4.79 Å². The largest absolute Gasteiger partial charge is 0.477 e. The van der Waals surface area contributed by atoms with Crippen LogP contribution in [0.3, 0.4) is 0 Å². The normalized spacial score (nSPS) is 18.1. The number of pyridine rings is 1. The minimum Gasteiger partial charge on any atom is -0.477 e. The van der Waals surface area contributed by atoms with E-state index in [1.165, 1.54) is 12.3 Å². The maximum atomic E-state index is 12.4. The summed E-state index contributed by atoms with van der Waals surface area (Å²) in [6, 6.07) is 2.89. The van der Waals surface area contributed by atoms with Crippen LogP contribution in [0.5, 0.6) is 0 Å². The Balaban J connectivity index is 2.19. The van der Waals surface area contributed by atoms with E-state index in [9.17, 15) is 9.59 Å². The molecule has 1 fully saturated rings. The van der Waals surface area contributed by atoms with Crippen molar-refractivity contribution in [3.8, 4) is 0 Å². The van der Waals surface area contributed by atoms with Crippen molar-refractivity contribution in [1.82, 2.24) is 9.88 Å². The summed E-state index contributed by atoms with van der Waals surface area (Å²) in [4.78, 5) is 28.7. The number of aromatic carboxylic acids is 1. The molecule has 0 saturated carbocycles. The molecular formula is C13H16N2O3S. The highest BCUT2D eigenvalue weighted by Crippen LogP contribution is 2.30. The minimum atomic E-state index is -1.12. The van der Waals surface area contributed by atoms with Gasteiger partial charge in [-0.1, -0.05) is 0 Å². The number of rotatable bonds is 2. The van der Waals surface area contributed by atoms with Gasteiger partial charge in [0.25, 0.3) is 5.91 Å². The average Bonchev–Trinajstić information content (AvgIpc) is 2.37. The van der Waals surface area contributed by atoms with Gasteiger partial charge in [-0.25, -0.2) is 9.78 Å². The van der Waals surface area contributed by atoms with E-state index in [0.717, 1.165) is 5.75 Å². The Morgan fingerprint density at radius 3 is 2.84 bits per heavy atom. The lowest BCUT2D eigenvalue weighted by molar-refractivity contribution is 0.0690. The van der Waals surface area contributed by atoms with Gasteiger partial charge in [0, 0.05) is 35.3 Å². The van der Waals surface area contributed by atoms with Crippen LogP contribution in [0.4, 0.5) is 0 Å². The molecule has 1 aliphatic rings. The van der Waals surface area contributed by atoms with E-state index in [2.05, 4.69) is 18.8 Å². The predicted octanol–water partition coefficient (Wildman–Crippen LogP) is 1.75. The number of carbonyl (C=O) groups excluding carboxylic acids is 1. The van der Waals surface area contributed by atoms with Crippen molar-refractivity contribution in [3.05, 3.63) is 29.6 Å². The van der Waals surface area contributed by atoms with Crippen molar-refractivity contribution in [2.24, 2.45) is 0 Å². The highest BCUT2D eigenvalue weighted by Gasteiger charge is 2.30. The summed E-state index contributed by atoms with van der Waals surface area (Å²) in [5.41, 5.74) is 0.284. The van der Waals surface area contributed by atoms with E-state index in [0.29, 0.717) is 18.7 Å². The molecule has 1 aromatic rings. The number of hydrogen-bond donors (Lipinski definition) is 1. The second-order valence-corrected chi connectivity index (χ2v) is 6.87. The maximum Gasteiger partial charge on any atom is 0.354 e. The van der Waals surface area contributed by atoms with Crippen molar-refractivity contribution < 1.29 is 14.7 Å². The fourth-order valence-corrected chi connectivity index (χ4v) is 3.16. The van der Waals surface area contributed by atoms with Crippen molar-refractivity contribution >= 4 is 23.6 Å². The Morgan fingerprint density at radius 1 is 1.47 bits per heavy atom. The third kappa shape index (κ3) is 3.26. The van der Waals surface area contributed by atoms with Crippen molar-refractivity contribution in [2.75, 3.05) is 18.8 Å². The summed E-state index contributed by atoms with van der Waals surface area (Å²) in [6.07, 6.45) is 1.36. The van der Waals surface area contributed by atoms with Gasteiger partial charge in [0.1, 0.15) is 5.69 Å². The van der Waals surface area contributed by atoms with Gasteiger partial charge in [0.05, 0.1) is 0 Å². The van der Waals surface area contributed by atoms with Crippen LogP contribution in [0.1, 0.15) is 34.7 Å². The first-order valence-electron chi connectivity index (χ1n) is 6.02. The standard InChI is InChI=1S/C13H16N2O3S/c1-13(2)8-15(5-6-19-13)11(16)9-3-4-14-10(7-9)12(17)18/h3-4,7H,5-6,8H2,1-2H3,(H,17,18). The lowest BCUT2D eigenvalue weighted by atomic mass is 10.1. The highest BCUT2D eigenvalue weighted by atomic mass is 32.2. The van der Waals surface area contributed by atoms with E-state index >= 15 is 0 Å². The zero-order chi connectivity index (χ0) is 14.0. The van der Waals surface area contributed by atoms with Crippen molar-refractivity contribution in [3.63, 3.8) is 0 Å². The Bertz CT molecular complexity index is 516. The average molecular weight is 280 g/mol. The third-order valence-corrected chi connectivity index (χ3v) is 4.24. The van der Waals surface area contributed by atoms with Crippen LogP contribution >= 0.6 is 11.8 Å². The van der Waals surface area contributed by atoms with Crippen LogP contribution in [-0.4, -0.2) is 50.5 Å². The zero-order valence-electron chi connectivity index (χ0n) is 10.9. The maximum absolute atomic E-state index is 12.4. The van der Waals surface area contributed by atoms with Gasteiger partial charge in [-0.05, 0) is 26.0 Å². The number of aromatic nitrogens is 1. The second-order valence-electron chi connectivity index (χ2n) is 5.07. The number of thioether (sulfide) groups is 1. The van der Waals surface area contributed by atoms with E-state index in [-0.39, 0.29) is 16.3 Å². The summed E-state index contributed by atoms with van der Waals surface area (Å²) in [7, 11) is 0. The summed E-state index contributed by atoms with van der Waals surface area (Å²) in [5, 5.41) is 8.89. The quantitative estimate of drug-likeness (QED) is 0.893. The van der Waals surface area contributed by atoms with Gasteiger partial charge in [-0.2, -0.15) is 11.8 Å². The van der Waals surface area contributed by atoms with Gasteiger partial charge in [0.15, 0.2) is 0 Å². The molecule has 0 aliphatic carbocycles. The van der Waals surface area contributed by atoms with Crippen LogP contribution < -0.4 is 0 Å². The van der Waals surface area contributed by atoms with E-state index in [1.807, 2.05) is 11.8 Å². The number of nitrogens with zero attached hydrogens (tertiary/aromatic N) is 2. The first kappa shape index (κ1) is 13.9. The number of carboxylic acids is 1. The molecular weight excluding hydrogens is 264 g/mol. The molecule has 1 amide bonds. The molecule has 0 radical (unpaired) electrons. The zero-order valence-corrected chi connectivity index (χ0v) is 11.7. The number of amides is 1. The van der Waals surface area contributed by atoms with Crippen LogP contribution in [-0.2, 0) is 0 Å². The lowest BCUT2D eigenvalue weighted by Crippen LogP contribution is -2.46. The fraction of sp³-hybridized carbons (Fsp3) is 0.462. The molecule has 0 atom stereocenters. The molecule has 102 valence electrons. The topological polar surface area (TPSA) is 70.5 Å². The molecule has 2 heterocycles. The second kappa shape index (κ2) is 5.21. The van der Waals surface area contributed by atoms with E-state index in [1.54, 1.807) is 11.0 Å². The van der Waals surface area contributed by atoms with Gasteiger partial charge < -0.3 is 10.0 Å². The Labute approximate surface area is 116 Å². The molecule has 0 spiro atoms. The summed E-state index contributed by atoms with van der Waals surface area (Å²) < 4.78 is 0.0383. The van der Waals surface area contributed by atoms with Crippen LogP contribution in [0.25, 0.3) is 0 Å². The predicted molar refractivity (Wildman–Crippen MR) is 73.6 cm³/mol. The van der Waals surface area contributed by atoms with Crippen molar-refractivity contribution in [1.29, 1.82) is 0 Å². The summed E-state index contributed by atoms with van der Waals surface area (Å²) in [6.45, 7) is 5.57. The van der Waals surface area contributed by atoms with Crippen LogP contribution in [0.15, 0.2) is 18.3 Å². The summed E-state index contributed by atoms with van der Waals surface area (Å²) >= 11 is 1.84. The fourth-order valence-electron chi connectivity index (χ4n) is 2.05. The molecule has 0 bridgehead atoms. The molecule has 2 rings (SSSR count). The molecule has 1 aromatic heterocycles. The van der Waals surface area contributed by atoms with E-state index < -0.39 is 5.97 Å². The molecule has 5 nitrogen and oxygen atoms in total. The van der Waals surface area contributed by atoms with Crippen LogP contribution in [0.2, 0.25) is 0 Å².